The number of likely N-dealkylation sites (tertiary alicyclic amines) is 1. The van der Waals surface area contributed by atoms with E-state index in [0.717, 1.165) is 54.5 Å². The summed E-state index contributed by atoms with van der Waals surface area (Å²) in [6.07, 6.45) is 4.66. The van der Waals surface area contributed by atoms with Gasteiger partial charge in [0.1, 0.15) is 11.6 Å². The lowest BCUT2D eigenvalue weighted by molar-refractivity contribution is -0.130. The fraction of sp³-hybridized carbons (Fsp3) is 0.391. The Hall–Kier alpha value is -3.45. The Morgan fingerprint density at radius 3 is 2.79 bits per heavy atom. The number of aromatic nitrogens is 3. The summed E-state index contributed by atoms with van der Waals surface area (Å²) in [5.41, 5.74) is 8.21. The molecule has 2 N–H and O–H groups in total. The first kappa shape index (κ1) is 21.4. The molecule has 0 saturated carbocycles. The van der Waals surface area contributed by atoms with Crippen molar-refractivity contribution in [1.82, 2.24) is 19.4 Å². The van der Waals surface area contributed by atoms with Gasteiger partial charge in [0.05, 0.1) is 11.1 Å². The molecule has 9 nitrogen and oxygen atoms in total. The third-order valence-corrected chi connectivity index (χ3v) is 7.33. The van der Waals surface area contributed by atoms with Crippen molar-refractivity contribution >= 4 is 34.5 Å². The number of imidazole rings is 1. The Morgan fingerprint density at radius 1 is 1.30 bits per heavy atom. The first-order valence-electron chi connectivity index (χ1n) is 10.9. The van der Waals surface area contributed by atoms with E-state index in [9.17, 15) is 10.1 Å². The van der Waals surface area contributed by atoms with Crippen LogP contribution < -0.4 is 15.2 Å². The number of carbonyl (C=O) groups is 1. The largest absolute Gasteiger partial charge is 0.454 e. The van der Waals surface area contributed by atoms with E-state index in [1.807, 2.05) is 17.0 Å². The highest BCUT2D eigenvalue weighted by atomic mass is 32.2. The first-order valence-corrected chi connectivity index (χ1v) is 11.7. The third kappa shape index (κ3) is 4.16. The summed E-state index contributed by atoms with van der Waals surface area (Å²) in [6, 6.07) is 7.70. The molecule has 1 aromatic carbocycles. The van der Waals surface area contributed by atoms with Crippen molar-refractivity contribution < 1.29 is 14.3 Å². The van der Waals surface area contributed by atoms with Gasteiger partial charge in [-0.05, 0) is 37.3 Å². The van der Waals surface area contributed by atoms with Gasteiger partial charge < -0.3 is 24.7 Å². The number of nitrogen functional groups attached to an aromatic ring is 1. The van der Waals surface area contributed by atoms with Crippen molar-refractivity contribution in [2.45, 2.75) is 42.8 Å². The van der Waals surface area contributed by atoms with E-state index in [-0.39, 0.29) is 12.7 Å². The lowest BCUT2D eigenvalue weighted by Gasteiger charge is -2.31. The Labute approximate surface area is 195 Å². The van der Waals surface area contributed by atoms with Crippen LogP contribution in [0.5, 0.6) is 11.5 Å². The predicted molar refractivity (Wildman–Crippen MR) is 123 cm³/mol. The summed E-state index contributed by atoms with van der Waals surface area (Å²) < 4.78 is 13.1. The minimum atomic E-state index is 0.146. The number of anilines is 1. The highest BCUT2D eigenvalue weighted by molar-refractivity contribution is 7.99. The van der Waals surface area contributed by atoms with Gasteiger partial charge in [-0.2, -0.15) is 5.26 Å². The van der Waals surface area contributed by atoms with Gasteiger partial charge in [0.25, 0.3) is 0 Å². The molecule has 1 saturated heterocycles. The number of nitrogens with zero attached hydrogens (tertiary/aromatic N) is 5. The summed E-state index contributed by atoms with van der Waals surface area (Å²) in [7, 11) is 0. The number of hydrogen-bond donors (Lipinski definition) is 1. The summed E-state index contributed by atoms with van der Waals surface area (Å²) >= 11 is 1.41. The van der Waals surface area contributed by atoms with Crippen LogP contribution in [0.4, 0.5) is 5.82 Å². The molecule has 3 aromatic rings. The van der Waals surface area contributed by atoms with Crippen molar-refractivity contribution in [3.05, 3.63) is 30.0 Å². The average Bonchev–Trinajstić information content (AvgIpc) is 3.42. The molecule has 2 aliphatic rings. The Balaban J connectivity index is 1.43. The number of fused-ring (bicyclic) bond motifs is 2. The Bertz CT molecular complexity index is 1260. The SMILES string of the molecule is CC(=O)N1CCC(CCn2c(Sc3cc4c(cc3C#N)OCO4)nc3c(N)nccc32)CC1. The number of nitrogens with two attached hydrogens (primary N) is 1. The quantitative estimate of drug-likeness (QED) is 0.610. The molecule has 0 bridgehead atoms. The lowest BCUT2D eigenvalue weighted by atomic mass is 9.93. The monoisotopic (exact) mass is 464 g/mol. The molecule has 2 aromatic heterocycles. The highest BCUT2D eigenvalue weighted by Crippen LogP contribution is 2.41. The minimum Gasteiger partial charge on any atom is -0.454 e. The molecular formula is C23H24N6O3S. The maximum Gasteiger partial charge on any atom is 0.231 e. The zero-order chi connectivity index (χ0) is 22.9. The number of benzene rings is 1. The summed E-state index contributed by atoms with van der Waals surface area (Å²) in [5.74, 6) is 2.27. The molecule has 5 rings (SSSR count). The van der Waals surface area contributed by atoms with E-state index < -0.39 is 0 Å². The van der Waals surface area contributed by atoms with Crippen LogP contribution in [0.25, 0.3) is 11.0 Å². The van der Waals surface area contributed by atoms with Gasteiger partial charge in [0, 0.05) is 43.7 Å². The summed E-state index contributed by atoms with van der Waals surface area (Å²) in [5, 5.41) is 10.4. The first-order chi connectivity index (χ1) is 16.0. The molecule has 33 heavy (non-hydrogen) atoms. The van der Waals surface area contributed by atoms with Crippen LogP contribution in [0.2, 0.25) is 0 Å². The number of rotatable bonds is 5. The van der Waals surface area contributed by atoms with Gasteiger partial charge in [-0.15, -0.1) is 0 Å². The van der Waals surface area contributed by atoms with Crippen molar-refractivity contribution in [3.63, 3.8) is 0 Å². The normalized spacial score (nSPS) is 15.7. The third-order valence-electron chi connectivity index (χ3n) is 6.28. The van der Waals surface area contributed by atoms with E-state index in [4.69, 9.17) is 20.2 Å². The lowest BCUT2D eigenvalue weighted by Crippen LogP contribution is -2.37. The van der Waals surface area contributed by atoms with Crippen molar-refractivity contribution in [2.75, 3.05) is 25.6 Å². The van der Waals surface area contributed by atoms with E-state index in [1.165, 1.54) is 11.8 Å². The van der Waals surface area contributed by atoms with Crippen molar-refractivity contribution in [3.8, 4) is 17.6 Å². The molecule has 0 unspecified atom stereocenters. The standard InChI is InChI=1S/C23H24N6O3S/c1-14(30)28-7-3-15(4-8-28)5-9-29-17-2-6-26-22(25)21(17)27-23(29)33-20-11-19-18(31-13-32-19)10-16(20)12-24/h2,6,10-11,15H,3-5,7-9,13H2,1H3,(H2,25,26). The molecule has 0 aliphatic carbocycles. The zero-order valence-corrected chi connectivity index (χ0v) is 19.1. The summed E-state index contributed by atoms with van der Waals surface area (Å²) in [4.78, 5) is 23.3. The number of amides is 1. The van der Waals surface area contributed by atoms with Gasteiger partial charge >= 0.3 is 0 Å². The number of pyridine rings is 1. The summed E-state index contributed by atoms with van der Waals surface area (Å²) in [6.45, 7) is 4.17. The molecule has 0 atom stereocenters. The Kier molecular flexibility index (Phi) is 5.72. The van der Waals surface area contributed by atoms with Crippen LogP contribution in [-0.2, 0) is 11.3 Å². The maximum atomic E-state index is 11.6. The van der Waals surface area contributed by atoms with Crippen LogP contribution in [-0.4, -0.2) is 45.2 Å². The molecule has 0 radical (unpaired) electrons. The molecule has 1 amide bonds. The number of hydrogen-bond acceptors (Lipinski definition) is 8. The second kappa shape index (κ2) is 8.83. The second-order valence-electron chi connectivity index (χ2n) is 8.26. The second-order valence-corrected chi connectivity index (χ2v) is 9.27. The van der Waals surface area contributed by atoms with Crippen LogP contribution in [0.3, 0.4) is 0 Å². The van der Waals surface area contributed by atoms with E-state index in [2.05, 4.69) is 15.6 Å². The zero-order valence-electron chi connectivity index (χ0n) is 18.3. The van der Waals surface area contributed by atoms with Crippen LogP contribution in [0.1, 0.15) is 31.7 Å². The molecule has 4 heterocycles. The molecule has 170 valence electrons. The molecule has 0 spiro atoms. The van der Waals surface area contributed by atoms with Crippen LogP contribution >= 0.6 is 11.8 Å². The van der Waals surface area contributed by atoms with Gasteiger partial charge in [0.15, 0.2) is 22.5 Å². The van der Waals surface area contributed by atoms with E-state index in [1.54, 1.807) is 19.2 Å². The van der Waals surface area contributed by atoms with Gasteiger partial charge in [-0.3, -0.25) is 4.79 Å². The minimum absolute atomic E-state index is 0.146. The predicted octanol–water partition coefficient (Wildman–Crippen LogP) is 3.41. The molecule has 1 fully saturated rings. The van der Waals surface area contributed by atoms with Crippen LogP contribution in [0, 0.1) is 17.2 Å². The van der Waals surface area contributed by atoms with Gasteiger partial charge in [-0.25, -0.2) is 9.97 Å². The number of carbonyl (C=O) groups excluding carboxylic acids is 1. The number of nitriles is 1. The van der Waals surface area contributed by atoms with Gasteiger partial charge in [-0.1, -0.05) is 11.8 Å². The van der Waals surface area contributed by atoms with Crippen molar-refractivity contribution in [1.29, 1.82) is 5.26 Å². The Morgan fingerprint density at radius 2 is 2.06 bits per heavy atom. The molecular weight excluding hydrogens is 440 g/mol. The fourth-order valence-corrected chi connectivity index (χ4v) is 5.40. The topological polar surface area (TPSA) is 119 Å². The van der Waals surface area contributed by atoms with E-state index in [0.29, 0.717) is 34.3 Å². The highest BCUT2D eigenvalue weighted by Gasteiger charge is 2.23. The molecule has 2 aliphatic heterocycles. The van der Waals surface area contributed by atoms with Crippen LogP contribution in [0.15, 0.2) is 34.4 Å². The smallest absolute Gasteiger partial charge is 0.231 e. The number of aryl methyl sites for hydroxylation is 1. The van der Waals surface area contributed by atoms with E-state index >= 15 is 0 Å². The van der Waals surface area contributed by atoms with Gasteiger partial charge in [0.2, 0.25) is 12.7 Å². The molecule has 10 heteroatoms. The fourth-order valence-electron chi connectivity index (χ4n) is 4.39. The average molecular weight is 465 g/mol. The number of piperidine rings is 1. The van der Waals surface area contributed by atoms with Crippen molar-refractivity contribution in [2.24, 2.45) is 5.92 Å². The number of ether oxygens (including phenoxy) is 2. The maximum absolute atomic E-state index is 11.6.